The Morgan fingerprint density at radius 1 is 0.706 bits per heavy atom. The summed E-state index contributed by atoms with van der Waals surface area (Å²) in [7, 11) is 1.39. The highest BCUT2D eigenvalue weighted by Crippen LogP contribution is 2.24. The van der Waals surface area contributed by atoms with Gasteiger partial charge in [0.15, 0.2) is 0 Å². The zero-order valence-electron chi connectivity index (χ0n) is 18.0. The van der Waals surface area contributed by atoms with Gasteiger partial charge in [-0.05, 0) is 36.4 Å². The maximum atomic E-state index is 13.1. The largest absolute Gasteiger partial charge is 0.495 e. The number of para-hydroxylation sites is 2. The first kappa shape index (κ1) is 24.0. The van der Waals surface area contributed by atoms with Crippen LogP contribution in [0.25, 0.3) is 0 Å². The van der Waals surface area contributed by atoms with Gasteiger partial charge in [-0.3, -0.25) is 4.79 Å². The van der Waals surface area contributed by atoms with Crippen molar-refractivity contribution >= 4 is 29.5 Å². The summed E-state index contributed by atoms with van der Waals surface area (Å²) >= 11 is 0. The number of rotatable bonds is 9. The van der Waals surface area contributed by atoms with Crippen molar-refractivity contribution in [1.29, 1.82) is 0 Å². The minimum atomic E-state index is -2.13. The first-order valence-corrected chi connectivity index (χ1v) is 10.1. The molecule has 0 bridgehead atoms. The molecule has 2 atom stereocenters. The number of nitrogens with one attached hydrogen (secondary N) is 1. The van der Waals surface area contributed by atoms with E-state index in [1.807, 2.05) is 0 Å². The van der Waals surface area contributed by atoms with Crippen molar-refractivity contribution in [1.82, 2.24) is 0 Å². The molecule has 0 heterocycles. The number of carbonyl (C=O) groups is 4. The van der Waals surface area contributed by atoms with Gasteiger partial charge in [0.25, 0.3) is 5.91 Å². The Bertz CT molecular complexity index is 1160. The molecule has 0 aliphatic carbocycles. The number of ether oxygens (including phenoxy) is 3. The summed E-state index contributed by atoms with van der Waals surface area (Å²) in [5.74, 6) is -4.38. The lowest BCUT2D eigenvalue weighted by Crippen LogP contribution is -2.48. The van der Waals surface area contributed by atoms with Crippen LogP contribution in [0.15, 0.2) is 84.9 Å². The molecule has 3 rings (SSSR count). The minimum Gasteiger partial charge on any atom is -0.495 e. The lowest BCUT2D eigenvalue weighted by Gasteiger charge is -2.24. The summed E-state index contributed by atoms with van der Waals surface area (Å²) < 4.78 is 15.5. The molecule has 0 aliphatic heterocycles. The number of carboxylic acid groups (broad SMARTS) is 1. The summed E-state index contributed by atoms with van der Waals surface area (Å²) in [6.07, 6.45) is -4.14. The van der Waals surface area contributed by atoms with E-state index in [1.165, 1.54) is 37.4 Å². The topological polar surface area (TPSA) is 128 Å². The van der Waals surface area contributed by atoms with Gasteiger partial charge in [-0.25, -0.2) is 14.4 Å². The standard InChI is InChI=1S/C25H21NO8/c1-32-19-15-9-8-14-18(19)26-22(27)20(33-24(30)16-10-4-2-5-11-16)21(23(28)29)34-25(31)17-12-6-3-7-13-17/h2-15,20-21H,1H3,(H,26,27)(H,28,29)/t20-,21-/m0/s1. The van der Waals surface area contributed by atoms with Crippen molar-refractivity contribution < 1.29 is 38.5 Å². The van der Waals surface area contributed by atoms with E-state index in [0.29, 0.717) is 0 Å². The van der Waals surface area contributed by atoms with Crippen molar-refractivity contribution in [3.63, 3.8) is 0 Å². The number of anilines is 1. The predicted molar refractivity (Wildman–Crippen MR) is 121 cm³/mol. The molecule has 9 heteroatoms. The van der Waals surface area contributed by atoms with Gasteiger partial charge >= 0.3 is 17.9 Å². The summed E-state index contributed by atoms with van der Waals surface area (Å²) in [5.41, 5.74) is 0.345. The molecule has 3 aromatic carbocycles. The number of methoxy groups -OCH3 is 1. The smallest absolute Gasteiger partial charge is 0.349 e. The van der Waals surface area contributed by atoms with Crippen molar-refractivity contribution in [3.8, 4) is 5.75 Å². The van der Waals surface area contributed by atoms with Crippen molar-refractivity contribution in [3.05, 3.63) is 96.1 Å². The SMILES string of the molecule is COc1ccccc1NC(=O)[C@@H](OC(=O)c1ccccc1)[C@H](OC(=O)c1ccccc1)C(=O)O. The number of aliphatic carboxylic acids is 1. The lowest BCUT2D eigenvalue weighted by atomic mass is 10.1. The van der Waals surface area contributed by atoms with Crippen LogP contribution in [0, 0.1) is 0 Å². The van der Waals surface area contributed by atoms with E-state index in [0.717, 1.165) is 0 Å². The second-order valence-electron chi connectivity index (χ2n) is 6.91. The number of carbonyl (C=O) groups excluding carboxylic acids is 3. The van der Waals surface area contributed by atoms with Crippen LogP contribution in [-0.2, 0) is 19.1 Å². The van der Waals surface area contributed by atoms with Gasteiger partial charge in [-0.15, -0.1) is 0 Å². The van der Waals surface area contributed by atoms with Crippen molar-refractivity contribution in [2.75, 3.05) is 12.4 Å². The molecule has 0 saturated heterocycles. The Morgan fingerprint density at radius 3 is 1.68 bits per heavy atom. The average molecular weight is 463 g/mol. The number of esters is 2. The molecule has 0 aromatic heterocycles. The zero-order chi connectivity index (χ0) is 24.5. The zero-order valence-corrected chi connectivity index (χ0v) is 18.0. The Morgan fingerprint density at radius 2 is 1.18 bits per heavy atom. The number of benzene rings is 3. The fourth-order valence-corrected chi connectivity index (χ4v) is 2.96. The molecule has 0 radical (unpaired) electrons. The Kier molecular flexibility index (Phi) is 7.96. The maximum Gasteiger partial charge on any atom is 0.349 e. The predicted octanol–water partition coefficient (Wildman–Crippen LogP) is 3.17. The van der Waals surface area contributed by atoms with E-state index in [2.05, 4.69) is 5.32 Å². The Hall–Kier alpha value is -4.66. The van der Waals surface area contributed by atoms with E-state index in [-0.39, 0.29) is 22.6 Å². The number of hydrogen-bond donors (Lipinski definition) is 2. The Labute approximate surface area is 194 Å². The maximum absolute atomic E-state index is 13.1. The summed E-state index contributed by atoms with van der Waals surface area (Å²) in [6, 6.07) is 21.7. The molecule has 0 unspecified atom stereocenters. The first-order valence-electron chi connectivity index (χ1n) is 10.1. The monoisotopic (exact) mass is 463 g/mol. The lowest BCUT2D eigenvalue weighted by molar-refractivity contribution is -0.157. The molecule has 174 valence electrons. The van der Waals surface area contributed by atoms with E-state index in [9.17, 15) is 24.3 Å². The highest BCUT2D eigenvalue weighted by Gasteiger charge is 2.41. The highest BCUT2D eigenvalue weighted by molar-refractivity contribution is 6.02. The molecule has 0 aliphatic rings. The van der Waals surface area contributed by atoms with Crippen LogP contribution in [0.3, 0.4) is 0 Å². The van der Waals surface area contributed by atoms with Gasteiger partial charge in [0, 0.05) is 0 Å². The van der Waals surface area contributed by atoms with Crippen LogP contribution in [0.4, 0.5) is 5.69 Å². The van der Waals surface area contributed by atoms with Gasteiger partial charge in [0.1, 0.15) is 5.75 Å². The second-order valence-corrected chi connectivity index (χ2v) is 6.91. The fraction of sp³-hybridized carbons (Fsp3) is 0.120. The number of hydrogen-bond acceptors (Lipinski definition) is 7. The quantitative estimate of drug-likeness (QED) is 0.463. The molecular weight excluding hydrogens is 442 g/mol. The van der Waals surface area contributed by atoms with Gasteiger partial charge in [0.05, 0.1) is 23.9 Å². The second kappa shape index (κ2) is 11.3. The summed E-state index contributed by atoms with van der Waals surface area (Å²) in [4.78, 5) is 50.3. The highest BCUT2D eigenvalue weighted by atomic mass is 16.6. The molecule has 0 fully saturated rings. The van der Waals surface area contributed by atoms with Crippen LogP contribution in [0.5, 0.6) is 5.75 Å². The number of carboxylic acids is 1. The average Bonchev–Trinajstić information content (AvgIpc) is 2.87. The fourth-order valence-electron chi connectivity index (χ4n) is 2.96. The molecule has 9 nitrogen and oxygen atoms in total. The molecule has 2 N–H and O–H groups in total. The van der Waals surface area contributed by atoms with Crippen LogP contribution >= 0.6 is 0 Å². The van der Waals surface area contributed by atoms with Crippen molar-refractivity contribution in [2.45, 2.75) is 12.2 Å². The third-order valence-corrected chi connectivity index (χ3v) is 4.63. The van der Waals surface area contributed by atoms with Gasteiger partial charge in [-0.1, -0.05) is 48.5 Å². The molecule has 3 aromatic rings. The van der Waals surface area contributed by atoms with Crippen LogP contribution in [-0.4, -0.2) is 48.2 Å². The summed E-state index contributed by atoms with van der Waals surface area (Å²) in [5, 5.41) is 12.2. The van der Waals surface area contributed by atoms with E-state index in [1.54, 1.807) is 54.6 Å². The van der Waals surface area contributed by atoms with Gasteiger partial charge in [0.2, 0.25) is 12.2 Å². The van der Waals surface area contributed by atoms with Gasteiger partial charge < -0.3 is 24.6 Å². The van der Waals surface area contributed by atoms with E-state index < -0.39 is 36.0 Å². The normalized spacial score (nSPS) is 12.0. The third kappa shape index (κ3) is 5.98. The Balaban J connectivity index is 1.92. The van der Waals surface area contributed by atoms with Gasteiger partial charge in [-0.2, -0.15) is 0 Å². The van der Waals surface area contributed by atoms with Crippen molar-refractivity contribution in [2.24, 2.45) is 0 Å². The third-order valence-electron chi connectivity index (χ3n) is 4.63. The molecule has 0 saturated carbocycles. The molecular formula is C25H21NO8. The minimum absolute atomic E-state index is 0.0621. The number of amides is 1. The van der Waals surface area contributed by atoms with E-state index >= 15 is 0 Å². The van der Waals surface area contributed by atoms with Crippen LogP contribution in [0.1, 0.15) is 20.7 Å². The molecule has 0 spiro atoms. The molecule has 34 heavy (non-hydrogen) atoms. The molecule has 1 amide bonds. The van der Waals surface area contributed by atoms with Crippen LogP contribution in [0.2, 0.25) is 0 Å². The van der Waals surface area contributed by atoms with Crippen LogP contribution < -0.4 is 10.1 Å². The first-order chi connectivity index (χ1) is 16.4. The summed E-state index contributed by atoms with van der Waals surface area (Å²) in [6.45, 7) is 0. The van der Waals surface area contributed by atoms with E-state index in [4.69, 9.17) is 14.2 Å².